The summed E-state index contributed by atoms with van der Waals surface area (Å²) in [5.41, 5.74) is 0.774. The van der Waals surface area contributed by atoms with E-state index in [1.807, 2.05) is 6.07 Å². The van der Waals surface area contributed by atoms with Crippen molar-refractivity contribution in [3.05, 3.63) is 92.0 Å². The minimum absolute atomic E-state index is 0.0462. The van der Waals surface area contributed by atoms with Crippen molar-refractivity contribution in [1.29, 1.82) is 0 Å². The maximum atomic E-state index is 13.9. The van der Waals surface area contributed by atoms with Crippen LogP contribution in [0.3, 0.4) is 0 Å². The van der Waals surface area contributed by atoms with E-state index < -0.39 is 29.2 Å². The second kappa shape index (κ2) is 7.38. The number of thiazole rings is 1. The van der Waals surface area contributed by atoms with Crippen molar-refractivity contribution < 1.29 is 23.1 Å². The summed E-state index contributed by atoms with van der Waals surface area (Å²) in [6, 6.07) is 11.7. The Bertz CT molecular complexity index is 1460. The third-order valence-electron chi connectivity index (χ3n) is 5.31. The number of esters is 1. The molecule has 1 atom stereocenters. The van der Waals surface area contributed by atoms with Gasteiger partial charge in [-0.3, -0.25) is 14.5 Å². The van der Waals surface area contributed by atoms with Gasteiger partial charge in [0, 0.05) is 0 Å². The van der Waals surface area contributed by atoms with E-state index >= 15 is 0 Å². The minimum Gasteiger partial charge on any atom is -0.465 e. The van der Waals surface area contributed by atoms with Gasteiger partial charge in [0.2, 0.25) is 5.76 Å². The Labute approximate surface area is 184 Å². The molecule has 1 amide bonds. The van der Waals surface area contributed by atoms with Crippen molar-refractivity contribution >= 4 is 39.3 Å². The van der Waals surface area contributed by atoms with Gasteiger partial charge in [-0.05, 0) is 30.7 Å². The summed E-state index contributed by atoms with van der Waals surface area (Å²) in [5.74, 6) is -1.85. The molecule has 1 unspecified atom stereocenters. The molecule has 3 heterocycles. The fraction of sp³-hybridized carbons (Fsp3) is 0.130. The molecule has 4 aromatic rings. The van der Waals surface area contributed by atoms with Crippen LogP contribution < -0.4 is 10.3 Å². The van der Waals surface area contributed by atoms with E-state index in [0.29, 0.717) is 11.3 Å². The Hall–Kier alpha value is -3.85. The highest BCUT2D eigenvalue weighted by atomic mass is 32.1. The maximum Gasteiger partial charge on any atom is 0.350 e. The SMILES string of the molecule is COC(=O)c1sc(N2C(=O)c3oc4ccc(F)cc4c(=O)c3C2c2ccccc2)nc1C. The van der Waals surface area contributed by atoms with E-state index in [0.717, 1.165) is 23.5 Å². The number of benzene rings is 2. The van der Waals surface area contributed by atoms with E-state index in [2.05, 4.69) is 4.98 Å². The Kier molecular flexibility index (Phi) is 4.63. The van der Waals surface area contributed by atoms with E-state index in [9.17, 15) is 18.8 Å². The van der Waals surface area contributed by atoms with Gasteiger partial charge in [-0.25, -0.2) is 14.2 Å². The first-order chi connectivity index (χ1) is 15.4. The second-order valence-corrected chi connectivity index (χ2v) is 8.18. The number of amides is 1. The van der Waals surface area contributed by atoms with Crippen LogP contribution in [0, 0.1) is 12.7 Å². The van der Waals surface area contributed by atoms with Crippen LogP contribution in [0.1, 0.15) is 43.1 Å². The van der Waals surface area contributed by atoms with Crippen molar-refractivity contribution in [2.24, 2.45) is 0 Å². The van der Waals surface area contributed by atoms with Gasteiger partial charge in [0.25, 0.3) is 5.91 Å². The van der Waals surface area contributed by atoms with Crippen molar-refractivity contribution in [1.82, 2.24) is 4.98 Å². The number of hydrogen-bond acceptors (Lipinski definition) is 7. The summed E-state index contributed by atoms with van der Waals surface area (Å²) in [6.07, 6.45) is 0. The van der Waals surface area contributed by atoms with Gasteiger partial charge in [-0.15, -0.1) is 0 Å². The highest BCUT2D eigenvalue weighted by molar-refractivity contribution is 7.17. The first kappa shape index (κ1) is 20.1. The molecule has 1 aliphatic rings. The number of aromatic nitrogens is 1. The Morgan fingerprint density at radius 1 is 1.19 bits per heavy atom. The number of aryl methyl sites for hydroxylation is 1. The topological polar surface area (TPSA) is 89.7 Å². The molecular weight excluding hydrogens is 435 g/mol. The number of carbonyl (C=O) groups is 2. The number of nitrogens with zero attached hydrogens (tertiary/aromatic N) is 2. The van der Waals surface area contributed by atoms with E-state index in [4.69, 9.17) is 9.15 Å². The first-order valence-corrected chi connectivity index (χ1v) is 10.4. The van der Waals surface area contributed by atoms with Gasteiger partial charge in [-0.2, -0.15) is 0 Å². The molecule has 2 aromatic carbocycles. The molecule has 0 N–H and O–H groups in total. The van der Waals surface area contributed by atoms with Crippen LogP contribution >= 0.6 is 11.3 Å². The van der Waals surface area contributed by atoms with Crippen LogP contribution in [0.5, 0.6) is 0 Å². The number of ether oxygens (including phenoxy) is 1. The van der Waals surface area contributed by atoms with Crippen LogP contribution in [-0.4, -0.2) is 24.0 Å². The van der Waals surface area contributed by atoms with Gasteiger partial charge in [0.15, 0.2) is 10.6 Å². The van der Waals surface area contributed by atoms with Crippen LogP contribution in [0.15, 0.2) is 57.7 Å². The minimum atomic E-state index is -0.848. The van der Waals surface area contributed by atoms with Crippen LogP contribution in [0.2, 0.25) is 0 Å². The van der Waals surface area contributed by atoms with Gasteiger partial charge in [0.05, 0.1) is 29.8 Å². The van der Waals surface area contributed by atoms with Crippen molar-refractivity contribution in [3.8, 4) is 0 Å². The van der Waals surface area contributed by atoms with E-state index in [1.165, 1.54) is 18.1 Å². The summed E-state index contributed by atoms with van der Waals surface area (Å²) in [6.45, 7) is 1.64. The largest absolute Gasteiger partial charge is 0.465 e. The number of rotatable bonds is 3. The number of halogens is 1. The highest BCUT2D eigenvalue weighted by Gasteiger charge is 2.45. The van der Waals surface area contributed by atoms with Crippen LogP contribution in [-0.2, 0) is 4.74 Å². The zero-order valence-electron chi connectivity index (χ0n) is 16.9. The lowest BCUT2D eigenvalue weighted by molar-refractivity contribution is 0.0605. The molecule has 0 radical (unpaired) electrons. The predicted molar refractivity (Wildman–Crippen MR) is 116 cm³/mol. The molecule has 0 aliphatic carbocycles. The molecular formula is C23H15FN2O5S. The standard InChI is InChI=1S/C23H15FN2O5S/c1-11-20(22(29)30-2)32-23(25-11)26-17(12-6-4-3-5-7-12)16-18(27)14-10-13(24)8-9-15(14)31-19(16)21(26)28/h3-10,17H,1-2H3. The number of hydrogen-bond donors (Lipinski definition) is 0. The smallest absolute Gasteiger partial charge is 0.350 e. The number of fused-ring (bicyclic) bond motifs is 2. The number of methoxy groups -OCH3 is 1. The van der Waals surface area contributed by atoms with Crippen molar-refractivity contribution in [3.63, 3.8) is 0 Å². The lowest BCUT2D eigenvalue weighted by Crippen LogP contribution is -2.29. The average Bonchev–Trinajstić information content (AvgIpc) is 3.32. The monoisotopic (exact) mass is 450 g/mol. The molecule has 2 aromatic heterocycles. The van der Waals surface area contributed by atoms with Crippen LogP contribution in [0.4, 0.5) is 9.52 Å². The fourth-order valence-corrected chi connectivity index (χ4v) is 4.87. The molecule has 9 heteroatoms. The van der Waals surface area contributed by atoms with Crippen molar-refractivity contribution in [2.75, 3.05) is 12.0 Å². The summed E-state index contributed by atoms with van der Waals surface area (Å²) < 4.78 is 24.4. The molecule has 0 fully saturated rings. The van der Waals surface area contributed by atoms with Gasteiger partial charge < -0.3 is 9.15 Å². The molecule has 0 spiro atoms. The van der Waals surface area contributed by atoms with Gasteiger partial charge >= 0.3 is 5.97 Å². The zero-order chi connectivity index (χ0) is 22.6. The molecule has 5 rings (SSSR count). The molecule has 0 saturated heterocycles. The molecule has 32 heavy (non-hydrogen) atoms. The molecule has 0 bridgehead atoms. The van der Waals surface area contributed by atoms with Gasteiger partial charge in [0.1, 0.15) is 16.3 Å². The Morgan fingerprint density at radius 3 is 2.66 bits per heavy atom. The van der Waals surface area contributed by atoms with Gasteiger partial charge in [-0.1, -0.05) is 41.7 Å². The fourth-order valence-electron chi connectivity index (χ4n) is 3.86. The Balaban J connectivity index is 1.78. The first-order valence-electron chi connectivity index (χ1n) is 9.61. The molecule has 160 valence electrons. The van der Waals surface area contributed by atoms with Crippen molar-refractivity contribution in [2.45, 2.75) is 13.0 Å². The molecule has 7 nitrogen and oxygen atoms in total. The highest BCUT2D eigenvalue weighted by Crippen LogP contribution is 2.43. The van der Waals surface area contributed by atoms with Crippen LogP contribution in [0.25, 0.3) is 11.0 Å². The quantitative estimate of drug-likeness (QED) is 0.434. The number of anilines is 1. The number of carbonyl (C=O) groups excluding carboxylic acids is 2. The normalized spacial score (nSPS) is 15.3. The lowest BCUT2D eigenvalue weighted by Gasteiger charge is -2.22. The summed E-state index contributed by atoms with van der Waals surface area (Å²) >= 11 is 0.991. The predicted octanol–water partition coefficient (Wildman–Crippen LogP) is 4.23. The molecule has 1 aliphatic heterocycles. The zero-order valence-corrected chi connectivity index (χ0v) is 17.7. The van der Waals surface area contributed by atoms with E-state index in [1.54, 1.807) is 31.2 Å². The Morgan fingerprint density at radius 2 is 1.94 bits per heavy atom. The van der Waals surface area contributed by atoms with E-state index in [-0.39, 0.29) is 32.3 Å². The summed E-state index contributed by atoms with van der Waals surface area (Å²) in [7, 11) is 1.26. The summed E-state index contributed by atoms with van der Waals surface area (Å²) in [4.78, 5) is 45.0. The second-order valence-electron chi connectivity index (χ2n) is 7.21. The molecule has 0 saturated carbocycles. The third kappa shape index (κ3) is 2.93. The third-order valence-corrected chi connectivity index (χ3v) is 6.45. The lowest BCUT2D eigenvalue weighted by atomic mass is 9.99. The average molecular weight is 450 g/mol. The summed E-state index contributed by atoms with van der Waals surface area (Å²) in [5, 5.41) is 0.271. The maximum absolute atomic E-state index is 13.9.